The number of benzene rings is 2. The van der Waals surface area contributed by atoms with E-state index in [0.29, 0.717) is 13.1 Å². The third-order valence-electron chi connectivity index (χ3n) is 6.01. The summed E-state index contributed by atoms with van der Waals surface area (Å²) in [5, 5.41) is 2.11. The lowest BCUT2D eigenvalue weighted by atomic mass is 9.90. The fourth-order valence-corrected chi connectivity index (χ4v) is 5.15. The van der Waals surface area contributed by atoms with Gasteiger partial charge in [-0.3, -0.25) is 9.59 Å². The Hall–Kier alpha value is -3.18. The van der Waals surface area contributed by atoms with E-state index < -0.39 is 0 Å². The maximum atomic E-state index is 13.5. The molecule has 0 spiro atoms. The summed E-state index contributed by atoms with van der Waals surface area (Å²) in [7, 11) is 0. The van der Waals surface area contributed by atoms with Gasteiger partial charge in [0.2, 0.25) is 11.8 Å². The first kappa shape index (κ1) is 22.0. The lowest BCUT2D eigenvalue weighted by Gasteiger charge is -2.38. The molecule has 1 atom stereocenters. The standard InChI is InChI=1S/C27H28N2O2S/c1-3-28(25(30)14-13-21-10-5-4-6-11-21)19-26(31)29-17-15-24-23(16-18-32-24)27(29)22-12-8-7-9-20(22)2/h4-14,16,18,27H,3,15,17,19H2,1-2H3/b14-13+. The van der Waals surface area contributed by atoms with Crippen molar-refractivity contribution < 1.29 is 9.59 Å². The number of thiophene rings is 1. The van der Waals surface area contributed by atoms with Crippen LogP contribution < -0.4 is 0 Å². The van der Waals surface area contributed by atoms with Gasteiger partial charge in [0.05, 0.1) is 6.04 Å². The molecule has 0 N–H and O–H groups in total. The van der Waals surface area contributed by atoms with Crippen LogP contribution >= 0.6 is 11.3 Å². The summed E-state index contributed by atoms with van der Waals surface area (Å²) in [6.45, 7) is 5.23. The molecule has 1 aliphatic heterocycles. The Balaban J connectivity index is 1.55. The number of carbonyl (C=O) groups is 2. The Bertz CT molecular complexity index is 1120. The van der Waals surface area contributed by atoms with Gasteiger partial charge in [-0.25, -0.2) is 0 Å². The van der Waals surface area contributed by atoms with E-state index in [2.05, 4.69) is 30.5 Å². The van der Waals surface area contributed by atoms with Gasteiger partial charge in [-0.05, 0) is 60.0 Å². The van der Waals surface area contributed by atoms with Crippen LogP contribution in [0.4, 0.5) is 0 Å². The van der Waals surface area contributed by atoms with Crippen LogP contribution in [0.1, 0.15) is 40.1 Å². The van der Waals surface area contributed by atoms with Crippen molar-refractivity contribution >= 4 is 29.2 Å². The number of carbonyl (C=O) groups excluding carboxylic acids is 2. The normalized spacial score (nSPS) is 15.6. The van der Waals surface area contributed by atoms with Gasteiger partial charge in [0, 0.05) is 24.0 Å². The van der Waals surface area contributed by atoms with Crippen LogP contribution in [0.15, 0.2) is 72.1 Å². The molecular formula is C27H28N2O2S. The van der Waals surface area contributed by atoms with Gasteiger partial charge in [-0.2, -0.15) is 0 Å². The summed E-state index contributed by atoms with van der Waals surface area (Å²) in [4.78, 5) is 31.2. The zero-order valence-corrected chi connectivity index (χ0v) is 19.3. The third-order valence-corrected chi connectivity index (χ3v) is 7.00. The number of amides is 2. The van der Waals surface area contributed by atoms with Crippen LogP contribution in [0.2, 0.25) is 0 Å². The Morgan fingerprint density at radius 2 is 1.81 bits per heavy atom. The molecule has 1 unspecified atom stereocenters. The van der Waals surface area contributed by atoms with Crippen molar-refractivity contribution in [3.05, 3.63) is 99.3 Å². The van der Waals surface area contributed by atoms with E-state index in [1.165, 1.54) is 16.0 Å². The lowest BCUT2D eigenvalue weighted by Crippen LogP contribution is -2.46. The van der Waals surface area contributed by atoms with Crippen LogP contribution in [-0.4, -0.2) is 41.2 Å². The molecule has 4 nitrogen and oxygen atoms in total. The van der Waals surface area contributed by atoms with Crippen molar-refractivity contribution in [2.45, 2.75) is 26.3 Å². The molecule has 164 valence electrons. The topological polar surface area (TPSA) is 40.6 Å². The van der Waals surface area contributed by atoms with Crippen LogP contribution in [0.5, 0.6) is 0 Å². The van der Waals surface area contributed by atoms with E-state index in [-0.39, 0.29) is 24.4 Å². The molecule has 5 heteroatoms. The molecule has 2 heterocycles. The molecule has 0 fully saturated rings. The van der Waals surface area contributed by atoms with Crippen molar-refractivity contribution in [2.75, 3.05) is 19.6 Å². The third kappa shape index (κ3) is 4.68. The summed E-state index contributed by atoms with van der Waals surface area (Å²) in [5.41, 5.74) is 4.49. The predicted octanol–water partition coefficient (Wildman–Crippen LogP) is 5.09. The van der Waals surface area contributed by atoms with Crippen LogP contribution in [0.3, 0.4) is 0 Å². The summed E-state index contributed by atoms with van der Waals surface area (Å²) in [6.07, 6.45) is 4.21. The Morgan fingerprint density at radius 1 is 1.06 bits per heavy atom. The molecule has 0 bridgehead atoms. The maximum Gasteiger partial charge on any atom is 0.247 e. The van der Waals surface area contributed by atoms with Crippen molar-refractivity contribution in [1.82, 2.24) is 9.80 Å². The lowest BCUT2D eigenvalue weighted by molar-refractivity contribution is -0.139. The SMILES string of the molecule is CCN(CC(=O)N1CCc2sccc2C1c1ccccc1C)C(=O)/C=C/c1ccccc1. The molecule has 1 aliphatic rings. The van der Waals surface area contributed by atoms with Gasteiger partial charge in [-0.15, -0.1) is 11.3 Å². The van der Waals surface area contributed by atoms with E-state index in [0.717, 1.165) is 17.5 Å². The minimum atomic E-state index is -0.148. The molecular weight excluding hydrogens is 416 g/mol. The number of rotatable bonds is 6. The number of hydrogen-bond acceptors (Lipinski definition) is 3. The van der Waals surface area contributed by atoms with Gasteiger partial charge in [-0.1, -0.05) is 54.6 Å². The van der Waals surface area contributed by atoms with Crippen LogP contribution in [0, 0.1) is 6.92 Å². The average Bonchev–Trinajstić information content (AvgIpc) is 3.30. The highest BCUT2D eigenvalue weighted by Gasteiger charge is 2.34. The van der Waals surface area contributed by atoms with Gasteiger partial charge < -0.3 is 9.80 Å². The number of fused-ring (bicyclic) bond motifs is 1. The zero-order chi connectivity index (χ0) is 22.5. The molecule has 0 radical (unpaired) electrons. The molecule has 3 aromatic rings. The first-order chi connectivity index (χ1) is 15.6. The molecule has 0 saturated carbocycles. The summed E-state index contributed by atoms with van der Waals surface area (Å²) < 4.78 is 0. The second kappa shape index (κ2) is 9.96. The molecule has 32 heavy (non-hydrogen) atoms. The molecule has 2 aromatic carbocycles. The largest absolute Gasteiger partial charge is 0.330 e. The van der Waals surface area contributed by atoms with Crippen molar-refractivity contribution in [3.63, 3.8) is 0 Å². The molecule has 1 aromatic heterocycles. The minimum Gasteiger partial charge on any atom is -0.330 e. The van der Waals surface area contributed by atoms with Crippen molar-refractivity contribution in [3.8, 4) is 0 Å². The highest BCUT2D eigenvalue weighted by molar-refractivity contribution is 7.10. The summed E-state index contributed by atoms with van der Waals surface area (Å²) in [5.74, 6) is -0.163. The second-order valence-electron chi connectivity index (χ2n) is 7.99. The molecule has 0 aliphatic carbocycles. The smallest absolute Gasteiger partial charge is 0.247 e. The number of nitrogens with zero attached hydrogens (tertiary/aromatic N) is 2. The fourth-order valence-electron chi connectivity index (χ4n) is 4.25. The minimum absolute atomic E-state index is 0.0154. The highest BCUT2D eigenvalue weighted by Crippen LogP contribution is 2.38. The van der Waals surface area contributed by atoms with Crippen molar-refractivity contribution in [1.29, 1.82) is 0 Å². The Morgan fingerprint density at radius 3 is 2.56 bits per heavy atom. The second-order valence-corrected chi connectivity index (χ2v) is 8.99. The maximum absolute atomic E-state index is 13.5. The van der Waals surface area contributed by atoms with Crippen molar-refractivity contribution in [2.24, 2.45) is 0 Å². The monoisotopic (exact) mass is 444 g/mol. The highest BCUT2D eigenvalue weighted by atomic mass is 32.1. The van der Waals surface area contributed by atoms with Crippen LogP contribution in [-0.2, 0) is 16.0 Å². The first-order valence-electron chi connectivity index (χ1n) is 11.0. The first-order valence-corrected chi connectivity index (χ1v) is 11.9. The zero-order valence-electron chi connectivity index (χ0n) is 18.5. The Kier molecular flexibility index (Phi) is 6.86. The summed E-state index contributed by atoms with van der Waals surface area (Å²) in [6, 6.07) is 20.0. The predicted molar refractivity (Wildman–Crippen MR) is 130 cm³/mol. The van der Waals surface area contributed by atoms with E-state index in [1.807, 2.05) is 54.3 Å². The fraction of sp³-hybridized carbons (Fsp3) is 0.259. The van der Waals surface area contributed by atoms with E-state index in [9.17, 15) is 9.59 Å². The van der Waals surface area contributed by atoms with Gasteiger partial charge in [0.15, 0.2) is 0 Å². The number of aryl methyl sites for hydroxylation is 1. The molecule has 2 amide bonds. The van der Waals surface area contributed by atoms with Crippen LogP contribution in [0.25, 0.3) is 6.08 Å². The average molecular weight is 445 g/mol. The summed E-state index contributed by atoms with van der Waals surface area (Å²) >= 11 is 1.76. The van der Waals surface area contributed by atoms with Gasteiger partial charge >= 0.3 is 0 Å². The van der Waals surface area contributed by atoms with Gasteiger partial charge in [0.1, 0.15) is 6.54 Å². The van der Waals surface area contributed by atoms with E-state index in [4.69, 9.17) is 0 Å². The van der Waals surface area contributed by atoms with Gasteiger partial charge in [0.25, 0.3) is 0 Å². The quantitative estimate of drug-likeness (QED) is 0.497. The number of hydrogen-bond donors (Lipinski definition) is 0. The number of likely N-dealkylation sites (N-methyl/N-ethyl adjacent to an activating group) is 1. The molecule has 0 saturated heterocycles. The van der Waals surface area contributed by atoms with E-state index >= 15 is 0 Å². The Labute approximate surface area is 193 Å². The van der Waals surface area contributed by atoms with E-state index in [1.54, 1.807) is 28.4 Å². The molecule has 4 rings (SSSR count).